The third kappa shape index (κ3) is 4.04. The van der Waals surface area contributed by atoms with Crippen LogP contribution in [0.5, 0.6) is 0 Å². The Morgan fingerprint density at radius 1 is 1.29 bits per heavy atom. The molecule has 1 saturated heterocycles. The molecule has 21 heavy (non-hydrogen) atoms. The summed E-state index contributed by atoms with van der Waals surface area (Å²) in [5.74, 6) is 0.196. The highest BCUT2D eigenvalue weighted by atomic mass is 16.2. The Hall–Kier alpha value is -1.88. The molecule has 2 amide bonds. The fourth-order valence-electron chi connectivity index (χ4n) is 2.65. The molecule has 5 heteroatoms. The van der Waals surface area contributed by atoms with Crippen molar-refractivity contribution >= 4 is 23.2 Å². The van der Waals surface area contributed by atoms with E-state index in [2.05, 4.69) is 22.9 Å². The van der Waals surface area contributed by atoms with Crippen LogP contribution in [-0.2, 0) is 9.59 Å². The predicted molar refractivity (Wildman–Crippen MR) is 84.3 cm³/mol. The standard InChI is InChI=1S/C16H23N3O2/c1-10-6-7-13(18-12(3)20)9-14(10)19-16(21)15-11(2)5-4-8-17-15/h6-7,9,11,15,17H,4-5,8H2,1-3H3,(H,18,20)(H,19,21). The van der Waals surface area contributed by atoms with Crippen LogP contribution in [-0.4, -0.2) is 24.4 Å². The monoisotopic (exact) mass is 289 g/mol. The topological polar surface area (TPSA) is 70.2 Å². The maximum absolute atomic E-state index is 12.4. The van der Waals surface area contributed by atoms with E-state index in [1.54, 1.807) is 6.07 Å². The molecule has 1 aliphatic rings. The van der Waals surface area contributed by atoms with Gasteiger partial charge in [-0.15, -0.1) is 0 Å². The van der Waals surface area contributed by atoms with Gasteiger partial charge in [-0.3, -0.25) is 9.59 Å². The smallest absolute Gasteiger partial charge is 0.241 e. The second kappa shape index (κ2) is 6.72. The highest BCUT2D eigenvalue weighted by molar-refractivity contribution is 5.97. The van der Waals surface area contributed by atoms with E-state index >= 15 is 0 Å². The fraction of sp³-hybridized carbons (Fsp3) is 0.500. The Morgan fingerprint density at radius 2 is 2.05 bits per heavy atom. The van der Waals surface area contributed by atoms with Crippen LogP contribution in [0.2, 0.25) is 0 Å². The van der Waals surface area contributed by atoms with Crippen molar-refractivity contribution in [2.45, 2.75) is 39.7 Å². The number of nitrogens with one attached hydrogen (secondary N) is 3. The van der Waals surface area contributed by atoms with E-state index in [4.69, 9.17) is 0 Å². The molecule has 114 valence electrons. The van der Waals surface area contributed by atoms with E-state index in [-0.39, 0.29) is 17.9 Å². The first-order valence-corrected chi connectivity index (χ1v) is 7.40. The second-order valence-electron chi connectivity index (χ2n) is 5.75. The van der Waals surface area contributed by atoms with E-state index in [1.807, 2.05) is 19.1 Å². The summed E-state index contributed by atoms with van der Waals surface area (Å²) in [6.45, 7) is 6.38. The van der Waals surface area contributed by atoms with Gasteiger partial charge in [0.05, 0.1) is 6.04 Å². The molecular weight excluding hydrogens is 266 g/mol. The third-order valence-corrected chi connectivity index (χ3v) is 3.87. The molecule has 0 aliphatic carbocycles. The van der Waals surface area contributed by atoms with Gasteiger partial charge in [0.2, 0.25) is 11.8 Å². The first-order chi connectivity index (χ1) is 9.97. The molecule has 1 fully saturated rings. The molecule has 5 nitrogen and oxygen atoms in total. The lowest BCUT2D eigenvalue weighted by Crippen LogP contribution is -2.48. The zero-order valence-corrected chi connectivity index (χ0v) is 12.8. The zero-order valence-electron chi connectivity index (χ0n) is 12.8. The molecule has 1 aromatic carbocycles. The van der Waals surface area contributed by atoms with E-state index in [0.29, 0.717) is 11.6 Å². The molecular formula is C16H23N3O2. The summed E-state index contributed by atoms with van der Waals surface area (Å²) in [7, 11) is 0. The Bertz CT molecular complexity index is 542. The quantitative estimate of drug-likeness (QED) is 0.799. The average Bonchev–Trinajstić information content (AvgIpc) is 2.42. The first kappa shape index (κ1) is 15.5. The summed E-state index contributed by atoms with van der Waals surface area (Å²) in [5, 5.41) is 8.97. The molecule has 0 aromatic heterocycles. The van der Waals surface area contributed by atoms with Crippen molar-refractivity contribution in [1.82, 2.24) is 5.32 Å². The fourth-order valence-corrected chi connectivity index (χ4v) is 2.65. The van der Waals surface area contributed by atoms with Crippen LogP contribution in [0, 0.1) is 12.8 Å². The van der Waals surface area contributed by atoms with Gasteiger partial charge in [0.15, 0.2) is 0 Å². The van der Waals surface area contributed by atoms with Gasteiger partial charge in [-0.2, -0.15) is 0 Å². The minimum Gasteiger partial charge on any atom is -0.326 e. The molecule has 1 aliphatic heterocycles. The van der Waals surface area contributed by atoms with Crippen LogP contribution in [0.15, 0.2) is 18.2 Å². The largest absolute Gasteiger partial charge is 0.326 e. The van der Waals surface area contributed by atoms with Gasteiger partial charge in [-0.1, -0.05) is 13.0 Å². The number of carbonyl (C=O) groups excluding carboxylic acids is 2. The lowest BCUT2D eigenvalue weighted by molar-refractivity contribution is -0.119. The SMILES string of the molecule is CC(=O)Nc1ccc(C)c(NC(=O)C2NCCCC2C)c1. The van der Waals surface area contributed by atoms with Crippen LogP contribution in [0.25, 0.3) is 0 Å². The molecule has 0 bridgehead atoms. The van der Waals surface area contributed by atoms with Gasteiger partial charge in [0, 0.05) is 18.3 Å². The third-order valence-electron chi connectivity index (χ3n) is 3.87. The Labute approximate surface area is 125 Å². The van der Waals surface area contributed by atoms with Crippen LogP contribution in [0.4, 0.5) is 11.4 Å². The number of hydrogen-bond acceptors (Lipinski definition) is 3. The Morgan fingerprint density at radius 3 is 2.71 bits per heavy atom. The van der Waals surface area contributed by atoms with Crippen LogP contribution in [0.3, 0.4) is 0 Å². The minimum absolute atomic E-state index is 0.00900. The van der Waals surface area contributed by atoms with Gasteiger partial charge >= 0.3 is 0 Å². The van der Waals surface area contributed by atoms with Gasteiger partial charge in [-0.25, -0.2) is 0 Å². The van der Waals surface area contributed by atoms with Gasteiger partial charge in [0.25, 0.3) is 0 Å². The predicted octanol–water partition coefficient (Wildman–Crippen LogP) is 2.28. The van der Waals surface area contributed by atoms with Crippen molar-refractivity contribution in [1.29, 1.82) is 0 Å². The average molecular weight is 289 g/mol. The molecule has 1 heterocycles. The minimum atomic E-state index is -0.150. The highest BCUT2D eigenvalue weighted by Gasteiger charge is 2.27. The normalized spacial score (nSPS) is 21.7. The summed E-state index contributed by atoms with van der Waals surface area (Å²) >= 11 is 0. The summed E-state index contributed by atoms with van der Waals surface area (Å²) in [6, 6.07) is 5.36. The van der Waals surface area contributed by atoms with Crippen molar-refractivity contribution in [3.05, 3.63) is 23.8 Å². The van der Waals surface area contributed by atoms with E-state index < -0.39 is 0 Å². The van der Waals surface area contributed by atoms with Crippen molar-refractivity contribution < 1.29 is 9.59 Å². The molecule has 2 atom stereocenters. The molecule has 2 unspecified atom stereocenters. The van der Waals surface area contributed by atoms with Crippen LogP contribution < -0.4 is 16.0 Å². The molecule has 0 radical (unpaired) electrons. The number of anilines is 2. The van der Waals surface area contributed by atoms with E-state index in [9.17, 15) is 9.59 Å². The van der Waals surface area contributed by atoms with E-state index in [1.165, 1.54) is 6.92 Å². The number of benzene rings is 1. The van der Waals surface area contributed by atoms with Crippen molar-refractivity contribution in [2.24, 2.45) is 5.92 Å². The highest BCUT2D eigenvalue weighted by Crippen LogP contribution is 2.22. The molecule has 3 N–H and O–H groups in total. The van der Waals surface area contributed by atoms with Crippen molar-refractivity contribution in [3.63, 3.8) is 0 Å². The number of carbonyl (C=O) groups is 2. The number of hydrogen-bond donors (Lipinski definition) is 3. The summed E-state index contributed by atoms with van der Waals surface area (Å²) in [4.78, 5) is 23.5. The number of rotatable bonds is 3. The Kier molecular flexibility index (Phi) is 4.96. The molecule has 1 aromatic rings. The summed E-state index contributed by atoms with van der Waals surface area (Å²) in [5.41, 5.74) is 2.40. The molecule has 0 saturated carbocycles. The maximum Gasteiger partial charge on any atom is 0.241 e. The summed E-state index contributed by atoms with van der Waals surface area (Å²) in [6.07, 6.45) is 2.18. The Balaban J connectivity index is 2.10. The van der Waals surface area contributed by atoms with Crippen molar-refractivity contribution in [2.75, 3.05) is 17.2 Å². The lowest BCUT2D eigenvalue weighted by Gasteiger charge is -2.29. The summed E-state index contributed by atoms with van der Waals surface area (Å²) < 4.78 is 0. The van der Waals surface area contributed by atoms with Crippen LogP contribution >= 0.6 is 0 Å². The number of aryl methyl sites for hydroxylation is 1. The molecule has 2 rings (SSSR count). The lowest BCUT2D eigenvalue weighted by atomic mass is 9.92. The second-order valence-corrected chi connectivity index (χ2v) is 5.75. The van der Waals surface area contributed by atoms with Gasteiger partial charge in [-0.05, 0) is 49.9 Å². The maximum atomic E-state index is 12.4. The van der Waals surface area contributed by atoms with Crippen molar-refractivity contribution in [3.8, 4) is 0 Å². The van der Waals surface area contributed by atoms with Gasteiger partial charge < -0.3 is 16.0 Å². The van der Waals surface area contributed by atoms with Gasteiger partial charge in [0.1, 0.15) is 0 Å². The van der Waals surface area contributed by atoms with E-state index in [0.717, 1.165) is 30.6 Å². The number of piperidine rings is 1. The first-order valence-electron chi connectivity index (χ1n) is 7.40. The van der Waals surface area contributed by atoms with Crippen LogP contribution in [0.1, 0.15) is 32.3 Å². The number of amides is 2. The molecule has 0 spiro atoms. The zero-order chi connectivity index (χ0) is 15.4.